The van der Waals surface area contributed by atoms with Gasteiger partial charge in [-0.2, -0.15) is 4.72 Å². The molecule has 0 unspecified atom stereocenters. The smallest absolute Gasteiger partial charge is 0.277 e. The molecule has 0 bridgehead atoms. The summed E-state index contributed by atoms with van der Waals surface area (Å²) >= 11 is 8.31. The van der Waals surface area contributed by atoms with Crippen LogP contribution in [-0.2, 0) is 14.9 Å². The van der Waals surface area contributed by atoms with Gasteiger partial charge >= 0.3 is 0 Å². The average Bonchev–Trinajstić information content (AvgIpc) is 3.81. The van der Waals surface area contributed by atoms with Crippen molar-refractivity contribution in [3.63, 3.8) is 0 Å². The molecule has 1 aliphatic carbocycles. The van der Waals surface area contributed by atoms with Gasteiger partial charge in [0.2, 0.25) is 10.0 Å². The Morgan fingerprint density at radius 1 is 1.02 bits per heavy atom. The Morgan fingerprint density at radius 3 is 2.26 bits per heavy atom. The van der Waals surface area contributed by atoms with E-state index in [1.807, 2.05) is 22.6 Å². The number of hydrogen-bond donors (Lipinski definition) is 3. The van der Waals surface area contributed by atoms with Crippen molar-refractivity contribution in [1.82, 2.24) is 20.2 Å². The van der Waals surface area contributed by atoms with Crippen LogP contribution in [-0.4, -0.2) is 30.9 Å². The van der Waals surface area contributed by atoms with Crippen LogP contribution < -0.4 is 15.5 Å². The zero-order valence-corrected chi connectivity index (χ0v) is 25.4. The Bertz CT molecular complexity index is 1680. The number of amides is 1. The molecule has 2 aromatic carbocycles. The first-order chi connectivity index (χ1) is 20.1. The number of carbonyl (C=O) groups is 1. The van der Waals surface area contributed by atoms with Gasteiger partial charge in [0, 0.05) is 16.0 Å². The van der Waals surface area contributed by atoms with Gasteiger partial charge in [-0.25, -0.2) is 22.7 Å². The van der Waals surface area contributed by atoms with Crippen molar-refractivity contribution in [3.05, 3.63) is 110 Å². The van der Waals surface area contributed by atoms with Gasteiger partial charge < -0.3 is 5.32 Å². The number of benzene rings is 2. The van der Waals surface area contributed by atoms with Gasteiger partial charge in [-0.1, -0.05) is 23.7 Å². The number of nitrogens with zero attached hydrogens (tertiary/aromatic N) is 2. The summed E-state index contributed by atoms with van der Waals surface area (Å²) in [5.74, 6) is -4.01. The number of anilines is 2. The van der Waals surface area contributed by atoms with E-state index in [4.69, 9.17) is 16.4 Å². The Morgan fingerprint density at radius 2 is 1.69 bits per heavy atom. The van der Waals surface area contributed by atoms with Gasteiger partial charge in [0.15, 0.2) is 11.6 Å². The molecule has 3 N–H and O–H groups in total. The molecule has 2 heterocycles. The fourth-order valence-corrected chi connectivity index (χ4v) is 6.15. The maximum absolute atomic E-state index is 15.7. The molecule has 0 radical (unpaired) electrons. The standard InChI is InChI=1S/C28H23ClF2IN5O4S/c29-19-13-17(32)9-10-20(19)35-26-18(28(38)36-41-15-16-7-8-16)14-23(24(30)25(26)31)42(39,40)37-27(21-5-1-3-11-33-21)22-6-2-4-12-34-22/h1-6,9-14,16,27,35,37H,7-8,15H2,(H,36,38). The van der Waals surface area contributed by atoms with Crippen LogP contribution in [0.3, 0.4) is 0 Å². The second-order valence-corrected chi connectivity index (χ2v) is 12.8. The van der Waals surface area contributed by atoms with Crippen molar-refractivity contribution in [2.75, 3.05) is 11.9 Å². The molecule has 1 fully saturated rings. The average molecular weight is 726 g/mol. The summed E-state index contributed by atoms with van der Waals surface area (Å²) in [4.78, 5) is 25.7. The van der Waals surface area contributed by atoms with E-state index in [1.165, 1.54) is 18.5 Å². The van der Waals surface area contributed by atoms with Gasteiger partial charge in [0.25, 0.3) is 5.91 Å². The van der Waals surface area contributed by atoms with Crippen LogP contribution in [0.25, 0.3) is 0 Å². The topological polar surface area (TPSA) is 122 Å². The molecule has 14 heteroatoms. The fraction of sp³-hybridized carbons (Fsp3) is 0.179. The number of hydroxylamine groups is 1. The lowest BCUT2D eigenvalue weighted by Gasteiger charge is -2.20. The Kier molecular flexibility index (Phi) is 9.32. The first-order valence-corrected chi connectivity index (χ1v) is 15.6. The lowest BCUT2D eigenvalue weighted by Crippen LogP contribution is -2.32. The Hall–Kier alpha value is -3.24. The molecular formula is C28H23ClF2IN5O4S. The molecule has 1 aliphatic rings. The van der Waals surface area contributed by atoms with Crippen LogP contribution in [0, 0.1) is 21.1 Å². The number of nitrogens with one attached hydrogen (secondary N) is 3. The number of hydrogen-bond acceptors (Lipinski definition) is 7. The highest BCUT2D eigenvalue weighted by atomic mass is 127. The molecule has 42 heavy (non-hydrogen) atoms. The van der Waals surface area contributed by atoms with Crippen molar-refractivity contribution in [2.24, 2.45) is 5.92 Å². The maximum atomic E-state index is 15.7. The van der Waals surface area contributed by atoms with E-state index in [9.17, 15) is 13.2 Å². The molecule has 0 aliphatic heterocycles. The van der Waals surface area contributed by atoms with E-state index in [0.29, 0.717) is 0 Å². The number of sulfonamides is 1. The minimum atomic E-state index is -4.81. The zero-order valence-electron chi connectivity index (χ0n) is 21.7. The maximum Gasteiger partial charge on any atom is 0.277 e. The molecule has 1 amide bonds. The molecule has 0 saturated heterocycles. The fourth-order valence-electron chi connectivity index (χ4n) is 3.97. The van der Waals surface area contributed by atoms with Crippen molar-refractivity contribution < 1.29 is 26.8 Å². The van der Waals surface area contributed by atoms with E-state index in [0.717, 1.165) is 22.5 Å². The van der Waals surface area contributed by atoms with Crippen LogP contribution >= 0.6 is 34.2 Å². The van der Waals surface area contributed by atoms with Crippen LogP contribution in [0.4, 0.5) is 20.2 Å². The normalized spacial score (nSPS) is 13.3. The summed E-state index contributed by atoms with van der Waals surface area (Å²) in [6, 6.07) is 14.1. The van der Waals surface area contributed by atoms with Gasteiger partial charge in [-0.05, 0) is 89.9 Å². The molecule has 4 aromatic rings. The van der Waals surface area contributed by atoms with E-state index >= 15 is 8.78 Å². The Balaban J connectivity index is 1.56. The highest BCUT2D eigenvalue weighted by Crippen LogP contribution is 2.35. The minimum absolute atomic E-state index is 0.169. The van der Waals surface area contributed by atoms with Crippen LogP contribution in [0.1, 0.15) is 40.6 Å². The zero-order chi connectivity index (χ0) is 29.9. The van der Waals surface area contributed by atoms with Gasteiger partial charge in [-0.15, -0.1) is 0 Å². The number of aromatic nitrogens is 2. The molecule has 9 nitrogen and oxygen atoms in total. The van der Waals surface area contributed by atoms with Gasteiger partial charge in [-0.3, -0.25) is 19.6 Å². The second kappa shape index (κ2) is 13.0. The van der Waals surface area contributed by atoms with Crippen LogP contribution in [0.5, 0.6) is 0 Å². The first-order valence-electron chi connectivity index (χ1n) is 12.6. The third-order valence-electron chi connectivity index (χ3n) is 6.32. The molecule has 0 atom stereocenters. The third kappa shape index (κ3) is 7.03. The molecule has 0 spiro atoms. The molecule has 5 rings (SSSR count). The third-order valence-corrected chi connectivity index (χ3v) is 8.72. The summed E-state index contributed by atoms with van der Waals surface area (Å²) < 4.78 is 61.8. The highest BCUT2D eigenvalue weighted by molar-refractivity contribution is 14.1. The van der Waals surface area contributed by atoms with E-state index in [2.05, 4.69) is 25.5 Å². The van der Waals surface area contributed by atoms with Crippen molar-refractivity contribution >= 4 is 61.5 Å². The predicted molar refractivity (Wildman–Crippen MR) is 161 cm³/mol. The van der Waals surface area contributed by atoms with E-state index in [1.54, 1.807) is 48.5 Å². The molecule has 218 valence electrons. The summed E-state index contributed by atoms with van der Waals surface area (Å²) in [5, 5.41) is 2.81. The van der Waals surface area contributed by atoms with E-state index < -0.39 is 49.8 Å². The lowest BCUT2D eigenvalue weighted by molar-refractivity contribution is 0.0270. The summed E-state index contributed by atoms with van der Waals surface area (Å²) in [6.07, 6.45) is 4.81. The molecular weight excluding hydrogens is 703 g/mol. The lowest BCUT2D eigenvalue weighted by atomic mass is 10.1. The highest BCUT2D eigenvalue weighted by Gasteiger charge is 2.33. The summed E-state index contributed by atoms with van der Waals surface area (Å²) in [5.41, 5.74) is 1.76. The van der Waals surface area contributed by atoms with E-state index in [-0.39, 0.29) is 34.6 Å². The van der Waals surface area contributed by atoms with Gasteiger partial charge in [0.05, 0.1) is 40.0 Å². The number of halogens is 4. The van der Waals surface area contributed by atoms with Crippen LogP contribution in [0.2, 0.25) is 5.02 Å². The summed E-state index contributed by atoms with van der Waals surface area (Å²) in [7, 11) is -4.81. The molecule has 1 saturated carbocycles. The van der Waals surface area contributed by atoms with Crippen LogP contribution in [0.15, 0.2) is 78.0 Å². The minimum Gasteiger partial charge on any atom is -0.351 e. The second-order valence-electron chi connectivity index (χ2n) is 9.42. The number of carbonyl (C=O) groups excluding carboxylic acids is 1. The quantitative estimate of drug-likeness (QED) is 0.130. The van der Waals surface area contributed by atoms with Crippen molar-refractivity contribution in [1.29, 1.82) is 0 Å². The first kappa shape index (κ1) is 30.2. The monoisotopic (exact) mass is 725 g/mol. The predicted octanol–water partition coefficient (Wildman–Crippen LogP) is 5.90. The Labute approximate surface area is 259 Å². The number of rotatable bonds is 11. The van der Waals surface area contributed by atoms with Crippen molar-refractivity contribution in [3.8, 4) is 0 Å². The summed E-state index contributed by atoms with van der Waals surface area (Å²) in [6.45, 7) is 0.226. The van der Waals surface area contributed by atoms with Crippen molar-refractivity contribution in [2.45, 2.75) is 23.8 Å². The molecule has 2 aromatic heterocycles. The SMILES string of the molecule is O=C(NOCC1CC1)c1cc(S(=O)(=O)NC(c2ccccn2)c2ccccn2)c(F)c(F)c1Nc1ccc(I)cc1Cl. The van der Waals surface area contributed by atoms with Gasteiger partial charge in [0.1, 0.15) is 10.9 Å². The largest absolute Gasteiger partial charge is 0.351 e. The number of pyridine rings is 2.